The van der Waals surface area contributed by atoms with Crippen molar-refractivity contribution in [2.24, 2.45) is 0 Å². The summed E-state index contributed by atoms with van der Waals surface area (Å²) in [6, 6.07) is 7.28. The molecule has 120 valence electrons. The molecule has 22 heavy (non-hydrogen) atoms. The molecular weight excluding hydrogens is 281 g/mol. The van der Waals surface area contributed by atoms with Gasteiger partial charge in [0.2, 0.25) is 0 Å². The van der Waals surface area contributed by atoms with Crippen molar-refractivity contribution in [2.45, 2.75) is 37.3 Å². The fourth-order valence-electron chi connectivity index (χ4n) is 3.24. The van der Waals surface area contributed by atoms with Gasteiger partial charge in [-0.25, -0.2) is 9.18 Å². The van der Waals surface area contributed by atoms with Gasteiger partial charge in [0.25, 0.3) is 0 Å². The van der Waals surface area contributed by atoms with E-state index in [1.807, 2.05) is 17.0 Å². The molecule has 1 aromatic carbocycles. The van der Waals surface area contributed by atoms with Gasteiger partial charge in [0, 0.05) is 31.1 Å². The van der Waals surface area contributed by atoms with E-state index in [0.717, 1.165) is 37.9 Å². The van der Waals surface area contributed by atoms with Crippen LogP contribution < -0.4 is 5.32 Å². The van der Waals surface area contributed by atoms with Crippen LogP contribution in [0.4, 0.5) is 9.18 Å². The van der Waals surface area contributed by atoms with Crippen LogP contribution in [0, 0.1) is 5.82 Å². The molecular formula is C17H24FN3O. The third-order valence-electron chi connectivity index (χ3n) is 4.81. The minimum atomic E-state index is -0.215. The lowest BCUT2D eigenvalue weighted by molar-refractivity contribution is 0.139. The molecule has 2 amide bonds. The second-order valence-electron chi connectivity index (χ2n) is 6.66. The van der Waals surface area contributed by atoms with Crippen molar-refractivity contribution in [1.29, 1.82) is 0 Å². The summed E-state index contributed by atoms with van der Waals surface area (Å²) in [4.78, 5) is 16.5. The van der Waals surface area contributed by atoms with Gasteiger partial charge in [-0.15, -0.1) is 0 Å². The zero-order valence-electron chi connectivity index (χ0n) is 13.3. The number of piperidine rings is 1. The van der Waals surface area contributed by atoms with Crippen molar-refractivity contribution in [3.63, 3.8) is 0 Å². The maximum absolute atomic E-state index is 12.9. The lowest BCUT2D eigenvalue weighted by Gasteiger charge is -2.36. The SMILES string of the molecule is CN(C)[C@@H]1CCCN(C(=O)N[C@H]2C[C@H]2c2ccc(F)cc2)C1. The first-order valence-corrected chi connectivity index (χ1v) is 8.02. The number of carbonyl (C=O) groups is 1. The van der Waals surface area contributed by atoms with Crippen LogP contribution in [-0.4, -0.2) is 55.1 Å². The molecule has 1 N–H and O–H groups in total. The highest BCUT2D eigenvalue weighted by atomic mass is 19.1. The molecule has 3 rings (SSSR count). The summed E-state index contributed by atoms with van der Waals surface area (Å²) in [7, 11) is 4.13. The van der Waals surface area contributed by atoms with E-state index in [9.17, 15) is 9.18 Å². The van der Waals surface area contributed by atoms with Gasteiger partial charge in [0.05, 0.1) is 0 Å². The molecule has 0 spiro atoms. The van der Waals surface area contributed by atoms with Crippen LogP contribution in [0.25, 0.3) is 0 Å². The molecule has 4 nitrogen and oxygen atoms in total. The number of nitrogens with zero attached hydrogens (tertiary/aromatic N) is 2. The van der Waals surface area contributed by atoms with Crippen LogP contribution in [0.15, 0.2) is 24.3 Å². The van der Waals surface area contributed by atoms with E-state index in [4.69, 9.17) is 0 Å². The Morgan fingerprint density at radius 1 is 1.32 bits per heavy atom. The van der Waals surface area contributed by atoms with Gasteiger partial charge in [-0.05, 0) is 51.1 Å². The Morgan fingerprint density at radius 2 is 2.05 bits per heavy atom. The predicted molar refractivity (Wildman–Crippen MR) is 84.4 cm³/mol. The van der Waals surface area contributed by atoms with Crippen molar-refractivity contribution >= 4 is 6.03 Å². The van der Waals surface area contributed by atoms with E-state index in [-0.39, 0.29) is 17.9 Å². The van der Waals surface area contributed by atoms with E-state index < -0.39 is 0 Å². The summed E-state index contributed by atoms with van der Waals surface area (Å²) >= 11 is 0. The largest absolute Gasteiger partial charge is 0.335 e. The average Bonchev–Trinajstić information content (AvgIpc) is 3.27. The average molecular weight is 305 g/mol. The maximum Gasteiger partial charge on any atom is 0.317 e. The molecule has 0 aromatic heterocycles. The number of benzene rings is 1. The third-order valence-corrected chi connectivity index (χ3v) is 4.81. The Labute approximate surface area is 131 Å². The van der Waals surface area contributed by atoms with Gasteiger partial charge in [-0.2, -0.15) is 0 Å². The van der Waals surface area contributed by atoms with E-state index in [0.29, 0.717) is 12.0 Å². The molecule has 1 saturated carbocycles. The summed E-state index contributed by atoms with van der Waals surface area (Å²) in [5.74, 6) is 0.118. The predicted octanol–water partition coefficient (Wildman–Crippen LogP) is 2.42. The van der Waals surface area contributed by atoms with E-state index >= 15 is 0 Å². The fourth-order valence-corrected chi connectivity index (χ4v) is 3.24. The van der Waals surface area contributed by atoms with Gasteiger partial charge in [-0.3, -0.25) is 0 Å². The topological polar surface area (TPSA) is 35.6 Å². The molecule has 2 fully saturated rings. The number of amides is 2. The molecule has 1 aliphatic carbocycles. The quantitative estimate of drug-likeness (QED) is 0.931. The Bertz CT molecular complexity index is 531. The smallest absolute Gasteiger partial charge is 0.317 e. The van der Waals surface area contributed by atoms with Crippen LogP contribution >= 0.6 is 0 Å². The molecule has 1 aromatic rings. The monoisotopic (exact) mass is 305 g/mol. The summed E-state index contributed by atoms with van der Waals surface area (Å²) in [6.07, 6.45) is 3.16. The zero-order valence-corrected chi connectivity index (χ0v) is 13.3. The van der Waals surface area contributed by atoms with Crippen molar-refractivity contribution in [3.05, 3.63) is 35.6 Å². The summed E-state index contributed by atoms with van der Waals surface area (Å²) in [5, 5.41) is 3.12. The van der Waals surface area contributed by atoms with Crippen LogP contribution in [0.1, 0.15) is 30.7 Å². The Hall–Kier alpha value is -1.62. The van der Waals surface area contributed by atoms with E-state index in [2.05, 4.69) is 24.3 Å². The number of carbonyl (C=O) groups excluding carboxylic acids is 1. The first kappa shape index (κ1) is 15.3. The molecule has 0 radical (unpaired) electrons. The number of likely N-dealkylation sites (N-methyl/N-ethyl adjacent to an activating group) is 1. The number of likely N-dealkylation sites (tertiary alicyclic amines) is 1. The Kier molecular flexibility index (Phi) is 4.34. The molecule has 5 heteroatoms. The second kappa shape index (κ2) is 6.24. The summed E-state index contributed by atoms with van der Waals surface area (Å²) in [6.45, 7) is 1.64. The second-order valence-corrected chi connectivity index (χ2v) is 6.66. The highest BCUT2D eigenvalue weighted by Gasteiger charge is 2.40. The van der Waals surface area contributed by atoms with Gasteiger partial charge in [0.1, 0.15) is 5.82 Å². The molecule has 1 aliphatic heterocycles. The van der Waals surface area contributed by atoms with Gasteiger partial charge in [0.15, 0.2) is 0 Å². The highest BCUT2D eigenvalue weighted by Crippen LogP contribution is 2.40. The van der Waals surface area contributed by atoms with Gasteiger partial charge in [-0.1, -0.05) is 12.1 Å². The third kappa shape index (κ3) is 3.40. The molecule has 2 aliphatic rings. The number of hydrogen-bond acceptors (Lipinski definition) is 2. The Morgan fingerprint density at radius 3 is 2.73 bits per heavy atom. The minimum Gasteiger partial charge on any atom is -0.335 e. The van der Waals surface area contributed by atoms with Crippen LogP contribution in [0.3, 0.4) is 0 Å². The highest BCUT2D eigenvalue weighted by molar-refractivity contribution is 5.75. The van der Waals surface area contributed by atoms with E-state index in [1.165, 1.54) is 12.1 Å². The molecule has 0 bridgehead atoms. The normalized spacial score (nSPS) is 27.8. The summed E-state index contributed by atoms with van der Waals surface area (Å²) < 4.78 is 12.9. The van der Waals surface area contributed by atoms with Crippen LogP contribution in [-0.2, 0) is 0 Å². The van der Waals surface area contributed by atoms with Crippen molar-refractivity contribution in [1.82, 2.24) is 15.1 Å². The number of halogens is 1. The van der Waals surface area contributed by atoms with Gasteiger partial charge < -0.3 is 15.1 Å². The number of urea groups is 1. The molecule has 3 atom stereocenters. The Balaban J connectivity index is 1.52. The maximum atomic E-state index is 12.9. The van der Waals surface area contributed by atoms with Crippen molar-refractivity contribution in [2.75, 3.05) is 27.2 Å². The molecule has 0 unspecified atom stereocenters. The number of rotatable bonds is 3. The van der Waals surface area contributed by atoms with Crippen LogP contribution in [0.2, 0.25) is 0 Å². The zero-order chi connectivity index (χ0) is 15.7. The van der Waals surface area contributed by atoms with Crippen LogP contribution in [0.5, 0.6) is 0 Å². The van der Waals surface area contributed by atoms with Crippen molar-refractivity contribution < 1.29 is 9.18 Å². The first-order chi connectivity index (χ1) is 10.5. The van der Waals surface area contributed by atoms with Crippen molar-refractivity contribution in [3.8, 4) is 0 Å². The number of nitrogens with one attached hydrogen (secondary N) is 1. The molecule has 1 heterocycles. The lowest BCUT2D eigenvalue weighted by Crippen LogP contribution is -2.51. The fraction of sp³-hybridized carbons (Fsp3) is 0.588. The lowest BCUT2D eigenvalue weighted by atomic mass is 10.1. The van der Waals surface area contributed by atoms with Gasteiger partial charge >= 0.3 is 6.03 Å². The summed E-state index contributed by atoms with van der Waals surface area (Å²) in [5.41, 5.74) is 1.11. The first-order valence-electron chi connectivity index (χ1n) is 8.02. The number of hydrogen-bond donors (Lipinski definition) is 1. The minimum absolute atomic E-state index is 0.0427. The standard InChI is InChI=1S/C17H24FN3O/c1-20(2)14-4-3-9-21(11-14)17(22)19-16-10-15(16)12-5-7-13(18)8-6-12/h5-8,14-16H,3-4,9-11H2,1-2H3,(H,19,22)/t14-,15+,16+/m1/s1. The molecule has 1 saturated heterocycles. The van der Waals surface area contributed by atoms with E-state index in [1.54, 1.807) is 0 Å².